The van der Waals surface area contributed by atoms with Crippen LogP contribution < -0.4 is 63.8 Å². The molecule has 0 rings (SSSR count). The number of esters is 1. The minimum atomic E-state index is -1.73. The summed E-state index contributed by atoms with van der Waals surface area (Å²) in [5.41, 5.74) is -10.6. The monoisotopic (exact) mass is 1320 g/mol. The molecule has 0 unspecified atom stereocenters. The van der Waals surface area contributed by atoms with E-state index in [0.717, 1.165) is 0 Å². The van der Waals surface area contributed by atoms with Gasteiger partial charge in [-0.1, -0.05) is 83.1 Å². The van der Waals surface area contributed by atoms with E-state index in [0.29, 0.717) is 0 Å². The Morgan fingerprint density at radius 2 is 0.430 bits per heavy atom. The number of rotatable bonds is 36. The first-order chi connectivity index (χ1) is 41.9. The summed E-state index contributed by atoms with van der Waals surface area (Å²) in [5, 5.41) is 32.3. The number of carbonyl (C=O) groups excluding carboxylic acids is 13. The molecule has 0 spiro atoms. The van der Waals surface area contributed by atoms with Crippen LogP contribution in [0.1, 0.15) is 225 Å². The van der Waals surface area contributed by atoms with Gasteiger partial charge in [-0.25, -0.2) is 9.59 Å². The second-order valence-electron chi connectivity index (χ2n) is 31.3. The van der Waals surface area contributed by atoms with Crippen LogP contribution in [0.2, 0.25) is 0 Å². The fourth-order valence-corrected chi connectivity index (χ4v) is 9.32. The van der Waals surface area contributed by atoms with Gasteiger partial charge in [0, 0.05) is 0 Å². The minimum Gasteiger partial charge on any atom is -0.467 e. The van der Waals surface area contributed by atoms with Crippen LogP contribution in [-0.2, 0) is 67.0 Å². The Morgan fingerprint density at radius 3 is 0.581 bits per heavy atom. The third-order valence-electron chi connectivity index (χ3n) is 14.5. The fraction of sp³-hybridized carbons (Fsp3) is 0.803. The summed E-state index contributed by atoms with van der Waals surface area (Å²) < 4.78 is 10.2. The predicted molar refractivity (Wildman–Crippen MR) is 355 cm³/mol. The molecule has 6 atom stereocenters. The second-order valence-corrected chi connectivity index (χ2v) is 31.3. The van der Waals surface area contributed by atoms with Crippen LogP contribution >= 0.6 is 0 Å². The summed E-state index contributed by atoms with van der Waals surface area (Å²) in [6.45, 7) is 44.1. The molecule has 0 aliphatic carbocycles. The predicted octanol–water partition coefficient (Wildman–Crippen LogP) is 4.12. The van der Waals surface area contributed by atoms with Gasteiger partial charge >= 0.3 is 12.1 Å². The van der Waals surface area contributed by atoms with Crippen LogP contribution in [0.4, 0.5) is 4.79 Å². The highest BCUT2D eigenvalue weighted by molar-refractivity contribution is 6.02. The van der Waals surface area contributed by atoms with E-state index >= 15 is 0 Å². The van der Waals surface area contributed by atoms with E-state index in [-0.39, 0.29) is 74.0 Å². The quantitative estimate of drug-likeness (QED) is 0.0393. The number of alkyl carbamates (subject to hydrolysis) is 1. The Kier molecular flexibility index (Phi) is 32.7. The molecule has 0 heterocycles. The Morgan fingerprint density at radius 1 is 0.269 bits per heavy atom. The van der Waals surface area contributed by atoms with E-state index in [1.807, 2.05) is 83.1 Å². The largest absolute Gasteiger partial charge is 0.467 e. The van der Waals surface area contributed by atoms with Crippen LogP contribution in [0, 0.1) is 35.5 Å². The van der Waals surface area contributed by atoms with Gasteiger partial charge in [-0.3, -0.25) is 52.7 Å². The molecule has 0 aliphatic heterocycles. The second kappa shape index (κ2) is 35.4. The lowest BCUT2D eigenvalue weighted by Crippen LogP contribution is -2.66. The first-order valence-corrected chi connectivity index (χ1v) is 32.5. The van der Waals surface area contributed by atoms with E-state index in [9.17, 15) is 62.3 Å². The molecule has 534 valence electrons. The molecule has 0 aromatic rings. The number of ether oxygens (including phenoxy) is 2. The maximum Gasteiger partial charge on any atom is 0.408 e. The summed E-state index contributed by atoms with van der Waals surface area (Å²) in [6.07, 6.45) is -0.0161. The molecular weight excluding hydrogens is 1200 g/mol. The van der Waals surface area contributed by atoms with Crippen molar-refractivity contribution in [3.05, 3.63) is 0 Å². The van der Waals surface area contributed by atoms with Crippen LogP contribution in [0.5, 0.6) is 0 Å². The molecule has 12 amide bonds. The molecule has 0 aliphatic rings. The lowest BCUT2D eigenvalue weighted by molar-refractivity contribution is -0.149. The number of methoxy groups -OCH3 is 1. The van der Waals surface area contributed by atoms with Crippen molar-refractivity contribution in [2.24, 2.45) is 35.5 Å². The molecule has 0 saturated carbocycles. The highest BCUT2D eigenvalue weighted by atomic mass is 16.6. The van der Waals surface area contributed by atoms with Gasteiger partial charge in [0.2, 0.25) is 65.0 Å². The SMILES string of the molecule is COC(=O)C(C)(C)NC(=O)[C@@H](CC(C)C)NC(=O)C(C)(C)NC(=O)[C@H](CC(C)C)NC(=O)C(C)(C)NC(=O)[C@@H](CC(C)C)NC(=O)C(C)(C)NC(=O)[C@H](CC(C)C)NC(=O)C(C)(C)NC(=O)[C@@H](CC(C)C)NC(=O)C(C)(C)NC(=O)[C@H](CC(C)C)NC(=O)OC(C)(C)C. The van der Waals surface area contributed by atoms with Crippen molar-refractivity contribution in [2.45, 2.75) is 301 Å². The molecule has 0 saturated heterocycles. The zero-order valence-corrected chi connectivity index (χ0v) is 61.3. The lowest BCUT2D eigenvalue weighted by atomic mass is 9.95. The van der Waals surface area contributed by atoms with Crippen LogP contribution in [0.15, 0.2) is 0 Å². The van der Waals surface area contributed by atoms with Gasteiger partial charge in [0.1, 0.15) is 75.1 Å². The molecule has 93 heavy (non-hydrogen) atoms. The number of carbonyl (C=O) groups is 13. The van der Waals surface area contributed by atoms with Crippen LogP contribution in [0.3, 0.4) is 0 Å². The fourth-order valence-electron chi connectivity index (χ4n) is 9.32. The molecular formula is C66H120N12O15. The smallest absolute Gasteiger partial charge is 0.408 e. The van der Waals surface area contributed by atoms with E-state index < -0.39 is 152 Å². The van der Waals surface area contributed by atoms with Crippen molar-refractivity contribution in [1.29, 1.82) is 0 Å². The van der Waals surface area contributed by atoms with Gasteiger partial charge in [0.15, 0.2) is 0 Å². The standard InChI is InChI=1S/C66H120N12O15/c1-35(2)29-41(47(79)74-62(18,19)54(86)69-43(31-37(5)6)49(81)76-64(22,23)56(88)71-45(33-39(9)10)51(83)78-66(26,27)58(90)92-28)67-53(85)61(16,17)73-48(80)42(30-36(3)4)68-55(87)63(20,21)75-50(82)44(32-38(7)8)70-57(89)65(24,25)77-52(84)46(34-40(11)12)72-59(91)93-60(13,14)15/h35-46H,29-34H2,1-28H3,(H,67,85)(H,68,87)(H,69,86)(H,70,89)(H,71,88)(H,72,91)(H,73,80)(H,74,79)(H,75,82)(H,76,81)(H,77,84)(H,78,83)/t41-,42+,43+,44-,45-,46+/m1/s1. The van der Waals surface area contributed by atoms with Crippen molar-refractivity contribution in [1.82, 2.24) is 63.8 Å². The topological polar surface area (TPSA) is 385 Å². The number of amides is 12. The van der Waals surface area contributed by atoms with Gasteiger partial charge in [-0.05, 0) is 178 Å². The lowest BCUT2D eigenvalue weighted by Gasteiger charge is -2.34. The van der Waals surface area contributed by atoms with E-state index in [1.165, 1.54) is 90.2 Å². The molecule has 0 fully saturated rings. The summed E-state index contributed by atoms with van der Waals surface area (Å²) in [7, 11) is 1.18. The molecule has 27 nitrogen and oxygen atoms in total. The molecule has 27 heteroatoms. The van der Waals surface area contributed by atoms with Gasteiger partial charge in [-0.2, -0.15) is 0 Å². The van der Waals surface area contributed by atoms with Gasteiger partial charge < -0.3 is 73.3 Å². The summed E-state index contributed by atoms with van der Waals surface area (Å²) >= 11 is 0. The average Bonchev–Trinajstić information content (AvgIpc) is 0.884. The Balaban J connectivity index is 6.49. The zero-order chi connectivity index (χ0) is 73.1. The third-order valence-corrected chi connectivity index (χ3v) is 14.5. The number of hydrogen-bond donors (Lipinski definition) is 12. The highest BCUT2D eigenvalue weighted by Crippen LogP contribution is 2.19. The van der Waals surface area contributed by atoms with E-state index in [4.69, 9.17) is 9.47 Å². The first-order valence-electron chi connectivity index (χ1n) is 32.5. The number of hydrogen-bond acceptors (Lipinski definition) is 15. The van der Waals surface area contributed by atoms with Crippen LogP contribution in [-0.4, -0.2) is 159 Å². The summed E-state index contributed by atoms with van der Waals surface area (Å²) in [4.78, 5) is 179. The Hall–Kier alpha value is -7.09. The first kappa shape index (κ1) is 85.9. The molecule has 0 aromatic heterocycles. The van der Waals surface area contributed by atoms with Gasteiger partial charge in [0.25, 0.3) is 0 Å². The summed E-state index contributed by atoms with van der Waals surface area (Å²) in [5.74, 6) is -9.62. The summed E-state index contributed by atoms with van der Waals surface area (Å²) in [6, 6.07) is -7.11. The third kappa shape index (κ3) is 30.7. The normalized spacial score (nSPS) is 14.5. The maximum atomic E-state index is 14.3. The molecule has 0 aromatic carbocycles. The zero-order valence-electron chi connectivity index (χ0n) is 61.3. The average molecular weight is 1320 g/mol. The Labute approximate surface area is 553 Å². The number of nitrogens with one attached hydrogen (secondary N) is 12. The molecule has 12 N–H and O–H groups in total. The van der Waals surface area contributed by atoms with Crippen molar-refractivity contribution >= 4 is 77.0 Å². The molecule has 0 bridgehead atoms. The van der Waals surface area contributed by atoms with Crippen molar-refractivity contribution in [3.8, 4) is 0 Å². The van der Waals surface area contributed by atoms with Gasteiger partial charge in [0.05, 0.1) is 7.11 Å². The minimum absolute atomic E-state index is 0.0352. The molecule has 0 radical (unpaired) electrons. The van der Waals surface area contributed by atoms with E-state index in [2.05, 4.69) is 63.8 Å². The van der Waals surface area contributed by atoms with E-state index in [1.54, 1.807) is 20.8 Å². The van der Waals surface area contributed by atoms with Crippen molar-refractivity contribution in [2.75, 3.05) is 7.11 Å². The maximum absolute atomic E-state index is 14.3. The van der Waals surface area contributed by atoms with Crippen LogP contribution in [0.25, 0.3) is 0 Å². The van der Waals surface area contributed by atoms with Crippen molar-refractivity contribution < 1.29 is 71.8 Å². The van der Waals surface area contributed by atoms with Crippen molar-refractivity contribution in [3.63, 3.8) is 0 Å². The van der Waals surface area contributed by atoms with Gasteiger partial charge in [-0.15, -0.1) is 0 Å². The highest BCUT2D eigenvalue weighted by Gasteiger charge is 2.44. The Bertz CT molecular complexity index is 2640.